The molecule has 1 atom stereocenters. The van der Waals surface area contributed by atoms with E-state index in [1.165, 1.54) is 19.3 Å². The zero-order valence-corrected chi connectivity index (χ0v) is 17.3. The number of amides is 1. The molecule has 3 aliphatic rings. The fourth-order valence-corrected chi connectivity index (χ4v) is 5.08. The van der Waals surface area contributed by atoms with Crippen molar-refractivity contribution in [2.75, 3.05) is 24.8 Å². The fourth-order valence-electron chi connectivity index (χ4n) is 4.13. The molecule has 1 aliphatic carbocycles. The lowest BCUT2D eigenvalue weighted by atomic mass is 9.93. The summed E-state index contributed by atoms with van der Waals surface area (Å²) < 4.78 is 10.9. The molecule has 0 radical (unpaired) electrons. The smallest absolute Gasteiger partial charge is 0.231 e. The molecule has 1 amide bonds. The van der Waals surface area contributed by atoms with Crippen LogP contribution in [0.1, 0.15) is 44.1 Å². The van der Waals surface area contributed by atoms with Gasteiger partial charge < -0.3 is 19.7 Å². The minimum absolute atomic E-state index is 0. The third kappa shape index (κ3) is 5.24. The lowest BCUT2D eigenvalue weighted by molar-refractivity contribution is -0.135. The van der Waals surface area contributed by atoms with Crippen LogP contribution in [0, 0.1) is 0 Å². The van der Waals surface area contributed by atoms with E-state index in [9.17, 15) is 4.79 Å². The highest BCUT2D eigenvalue weighted by Gasteiger charge is 2.28. The van der Waals surface area contributed by atoms with Crippen molar-refractivity contribution >= 4 is 30.1 Å². The van der Waals surface area contributed by atoms with Gasteiger partial charge in [0, 0.05) is 43.1 Å². The zero-order chi connectivity index (χ0) is 17.8. The van der Waals surface area contributed by atoms with E-state index in [0.29, 0.717) is 25.0 Å². The standard InChI is InChI=1S/C20H28N2O3S.ClH/c23-20(11-16-13-26-9-8-21-16)22(17-4-2-1-3-5-17)12-15-6-7-18-19(10-15)25-14-24-18;/h6-7,10,16-17,21H,1-5,8-9,11-14H2;1H. The highest BCUT2D eigenvalue weighted by Crippen LogP contribution is 2.33. The number of ether oxygens (including phenoxy) is 2. The van der Waals surface area contributed by atoms with Crippen LogP contribution >= 0.6 is 24.2 Å². The van der Waals surface area contributed by atoms with Gasteiger partial charge in [-0.2, -0.15) is 11.8 Å². The molecule has 1 N–H and O–H groups in total. The van der Waals surface area contributed by atoms with E-state index in [0.717, 1.165) is 48.0 Å². The molecular weight excluding hydrogens is 384 g/mol. The SMILES string of the molecule is Cl.O=C(CC1CSCCN1)N(Cc1ccc2c(c1)OCO2)C1CCCCC1. The van der Waals surface area contributed by atoms with Crippen LogP contribution in [0.25, 0.3) is 0 Å². The maximum absolute atomic E-state index is 13.2. The molecule has 1 aromatic rings. The second-order valence-electron chi connectivity index (χ2n) is 7.43. The van der Waals surface area contributed by atoms with Crippen molar-refractivity contribution in [2.24, 2.45) is 0 Å². The Labute approximate surface area is 171 Å². The number of fused-ring (bicyclic) bond motifs is 1. The van der Waals surface area contributed by atoms with Gasteiger partial charge >= 0.3 is 0 Å². The molecule has 2 fully saturated rings. The van der Waals surface area contributed by atoms with Crippen molar-refractivity contribution in [2.45, 2.75) is 57.2 Å². The van der Waals surface area contributed by atoms with Crippen molar-refractivity contribution < 1.29 is 14.3 Å². The van der Waals surface area contributed by atoms with Crippen LogP contribution in [0.3, 0.4) is 0 Å². The van der Waals surface area contributed by atoms with Gasteiger partial charge in [0.1, 0.15) is 0 Å². The Morgan fingerprint density at radius 3 is 2.78 bits per heavy atom. The van der Waals surface area contributed by atoms with Crippen LogP contribution in [0.5, 0.6) is 11.5 Å². The van der Waals surface area contributed by atoms with Gasteiger partial charge in [-0.15, -0.1) is 12.4 Å². The molecule has 0 spiro atoms. The van der Waals surface area contributed by atoms with E-state index >= 15 is 0 Å². The molecule has 2 heterocycles. The predicted octanol–water partition coefficient (Wildman–Crippen LogP) is 3.59. The lowest BCUT2D eigenvalue weighted by Crippen LogP contribution is -2.46. The monoisotopic (exact) mass is 412 g/mol. The summed E-state index contributed by atoms with van der Waals surface area (Å²) in [6.45, 7) is 1.96. The number of nitrogens with zero attached hydrogens (tertiary/aromatic N) is 1. The summed E-state index contributed by atoms with van der Waals surface area (Å²) in [7, 11) is 0. The molecule has 7 heteroatoms. The lowest BCUT2D eigenvalue weighted by Gasteiger charge is -2.36. The Balaban J connectivity index is 0.00000210. The van der Waals surface area contributed by atoms with Crippen LogP contribution in [0.4, 0.5) is 0 Å². The summed E-state index contributed by atoms with van der Waals surface area (Å²) in [6, 6.07) is 6.73. The first-order chi connectivity index (χ1) is 12.8. The average Bonchev–Trinajstić information content (AvgIpc) is 3.15. The normalized spacial score (nSPS) is 22.1. The summed E-state index contributed by atoms with van der Waals surface area (Å²) in [5.41, 5.74) is 1.12. The minimum atomic E-state index is 0. The third-order valence-corrected chi connectivity index (χ3v) is 6.68. The number of rotatable bonds is 5. The highest BCUT2D eigenvalue weighted by atomic mass is 35.5. The Morgan fingerprint density at radius 1 is 1.19 bits per heavy atom. The summed E-state index contributed by atoms with van der Waals surface area (Å²) >= 11 is 1.95. The molecule has 1 unspecified atom stereocenters. The molecule has 2 aliphatic heterocycles. The van der Waals surface area contributed by atoms with Gasteiger partial charge in [-0.25, -0.2) is 0 Å². The minimum Gasteiger partial charge on any atom is -0.454 e. The molecular formula is C20H29ClN2O3S. The Kier molecular flexibility index (Phi) is 7.56. The highest BCUT2D eigenvalue weighted by molar-refractivity contribution is 7.99. The first-order valence-corrected chi connectivity index (χ1v) is 10.9. The average molecular weight is 413 g/mol. The van der Waals surface area contributed by atoms with Crippen LogP contribution in [0.15, 0.2) is 18.2 Å². The van der Waals surface area contributed by atoms with Crippen molar-refractivity contribution in [3.63, 3.8) is 0 Å². The van der Waals surface area contributed by atoms with Crippen LogP contribution < -0.4 is 14.8 Å². The Hall–Kier alpha value is -1.11. The number of carbonyl (C=O) groups excluding carboxylic acids is 1. The van der Waals surface area contributed by atoms with Crippen molar-refractivity contribution in [3.05, 3.63) is 23.8 Å². The van der Waals surface area contributed by atoms with Gasteiger partial charge in [0.25, 0.3) is 0 Å². The number of carbonyl (C=O) groups is 1. The number of hydrogen-bond donors (Lipinski definition) is 1. The summed E-state index contributed by atoms with van der Waals surface area (Å²) in [6.07, 6.45) is 6.62. The van der Waals surface area contributed by atoms with Crippen molar-refractivity contribution in [3.8, 4) is 11.5 Å². The zero-order valence-electron chi connectivity index (χ0n) is 15.7. The molecule has 150 valence electrons. The quantitative estimate of drug-likeness (QED) is 0.800. The number of nitrogens with one attached hydrogen (secondary N) is 1. The van der Waals surface area contributed by atoms with E-state index in [1.807, 2.05) is 23.9 Å². The number of halogens is 1. The first kappa shape index (κ1) is 20.6. The maximum atomic E-state index is 13.2. The first-order valence-electron chi connectivity index (χ1n) is 9.79. The Morgan fingerprint density at radius 2 is 2.00 bits per heavy atom. The van der Waals surface area contributed by atoms with E-state index < -0.39 is 0 Å². The fraction of sp³-hybridized carbons (Fsp3) is 0.650. The molecule has 1 aromatic carbocycles. The predicted molar refractivity (Wildman–Crippen MR) is 111 cm³/mol. The van der Waals surface area contributed by atoms with Crippen LogP contribution in [-0.4, -0.2) is 47.7 Å². The molecule has 4 rings (SSSR count). The van der Waals surface area contributed by atoms with Gasteiger partial charge in [-0.1, -0.05) is 25.3 Å². The second kappa shape index (κ2) is 9.89. The molecule has 0 aromatic heterocycles. The number of hydrogen-bond acceptors (Lipinski definition) is 5. The van der Waals surface area contributed by atoms with E-state index in [1.54, 1.807) is 0 Å². The molecule has 1 saturated heterocycles. The molecule has 0 bridgehead atoms. The van der Waals surface area contributed by atoms with Gasteiger partial charge in [-0.05, 0) is 30.5 Å². The van der Waals surface area contributed by atoms with E-state index in [2.05, 4.69) is 16.3 Å². The van der Waals surface area contributed by atoms with Gasteiger partial charge in [0.05, 0.1) is 0 Å². The summed E-state index contributed by atoms with van der Waals surface area (Å²) in [5.74, 6) is 4.06. The second-order valence-corrected chi connectivity index (χ2v) is 8.58. The van der Waals surface area contributed by atoms with Gasteiger partial charge in [0.15, 0.2) is 11.5 Å². The molecule has 5 nitrogen and oxygen atoms in total. The van der Waals surface area contributed by atoms with Crippen molar-refractivity contribution in [1.29, 1.82) is 0 Å². The summed E-state index contributed by atoms with van der Waals surface area (Å²) in [5, 5.41) is 3.50. The summed E-state index contributed by atoms with van der Waals surface area (Å²) in [4.78, 5) is 15.3. The van der Waals surface area contributed by atoms with Crippen molar-refractivity contribution in [1.82, 2.24) is 10.2 Å². The number of thioether (sulfide) groups is 1. The molecule has 27 heavy (non-hydrogen) atoms. The van der Waals surface area contributed by atoms with Gasteiger partial charge in [0.2, 0.25) is 12.7 Å². The van der Waals surface area contributed by atoms with Gasteiger partial charge in [-0.3, -0.25) is 4.79 Å². The number of benzene rings is 1. The Bertz CT molecular complexity index is 634. The topological polar surface area (TPSA) is 50.8 Å². The van der Waals surface area contributed by atoms with E-state index in [4.69, 9.17) is 9.47 Å². The van der Waals surface area contributed by atoms with Crippen LogP contribution in [0.2, 0.25) is 0 Å². The van der Waals surface area contributed by atoms with E-state index in [-0.39, 0.29) is 25.1 Å². The maximum Gasteiger partial charge on any atom is 0.231 e. The third-order valence-electron chi connectivity index (χ3n) is 5.55. The largest absolute Gasteiger partial charge is 0.454 e. The molecule has 1 saturated carbocycles. The van der Waals surface area contributed by atoms with Crippen LogP contribution in [-0.2, 0) is 11.3 Å².